The van der Waals surface area contributed by atoms with Crippen LogP contribution in [0, 0.1) is 6.92 Å². The number of aryl methyl sites for hydroxylation is 1. The lowest BCUT2D eigenvalue weighted by molar-refractivity contribution is -0.121. The molecular formula is C15H24N2OS. The van der Waals surface area contributed by atoms with Crippen molar-refractivity contribution < 1.29 is 4.79 Å². The van der Waals surface area contributed by atoms with Crippen LogP contribution in [-0.2, 0) is 4.79 Å². The van der Waals surface area contributed by atoms with Crippen LogP contribution in [0.2, 0.25) is 0 Å². The van der Waals surface area contributed by atoms with Crippen LogP contribution in [0.3, 0.4) is 0 Å². The van der Waals surface area contributed by atoms with Gasteiger partial charge in [-0.2, -0.15) is 5.10 Å². The van der Waals surface area contributed by atoms with Crippen molar-refractivity contribution in [2.24, 2.45) is 5.10 Å². The predicted molar refractivity (Wildman–Crippen MR) is 82.8 cm³/mol. The Morgan fingerprint density at radius 3 is 2.68 bits per heavy atom. The van der Waals surface area contributed by atoms with E-state index < -0.39 is 0 Å². The van der Waals surface area contributed by atoms with Crippen LogP contribution in [0.25, 0.3) is 0 Å². The molecule has 1 N–H and O–H groups in total. The normalized spacial score (nSPS) is 11.1. The number of carbonyl (C=O) groups is 1. The molecule has 106 valence electrons. The van der Waals surface area contributed by atoms with Gasteiger partial charge in [0.05, 0.1) is 6.21 Å². The van der Waals surface area contributed by atoms with Gasteiger partial charge in [0, 0.05) is 16.2 Å². The van der Waals surface area contributed by atoms with Crippen molar-refractivity contribution in [3.8, 4) is 0 Å². The number of nitrogens with zero attached hydrogens (tertiary/aromatic N) is 1. The Kier molecular flexibility index (Phi) is 8.14. The molecule has 0 aromatic carbocycles. The number of amides is 1. The second-order valence-corrected chi connectivity index (χ2v) is 6.08. The van der Waals surface area contributed by atoms with Gasteiger partial charge < -0.3 is 0 Å². The molecule has 0 aliphatic heterocycles. The fourth-order valence-corrected chi connectivity index (χ4v) is 2.56. The van der Waals surface area contributed by atoms with Gasteiger partial charge in [0.25, 0.3) is 0 Å². The summed E-state index contributed by atoms with van der Waals surface area (Å²) in [6, 6.07) is 4.05. The monoisotopic (exact) mass is 280 g/mol. The van der Waals surface area contributed by atoms with Gasteiger partial charge in [0.2, 0.25) is 5.91 Å². The lowest BCUT2D eigenvalue weighted by atomic mass is 10.1. The summed E-state index contributed by atoms with van der Waals surface area (Å²) in [5.74, 6) is 0.0139. The summed E-state index contributed by atoms with van der Waals surface area (Å²) in [6.45, 7) is 4.26. The number of unbranched alkanes of at least 4 members (excludes halogenated alkanes) is 5. The van der Waals surface area contributed by atoms with Crippen molar-refractivity contribution in [3.05, 3.63) is 21.9 Å². The fourth-order valence-electron chi connectivity index (χ4n) is 1.81. The lowest BCUT2D eigenvalue weighted by Gasteiger charge is -2.00. The number of hydrogen-bond acceptors (Lipinski definition) is 3. The first-order valence-electron chi connectivity index (χ1n) is 7.10. The average Bonchev–Trinajstić information content (AvgIpc) is 2.79. The van der Waals surface area contributed by atoms with Crippen LogP contribution in [0.5, 0.6) is 0 Å². The number of carbonyl (C=O) groups excluding carboxylic acids is 1. The van der Waals surface area contributed by atoms with E-state index in [1.54, 1.807) is 17.6 Å². The van der Waals surface area contributed by atoms with Crippen LogP contribution in [0.15, 0.2) is 17.2 Å². The molecule has 0 unspecified atom stereocenters. The Balaban J connectivity index is 2.06. The zero-order chi connectivity index (χ0) is 13.9. The summed E-state index contributed by atoms with van der Waals surface area (Å²) in [6.07, 6.45) is 9.47. The zero-order valence-electron chi connectivity index (χ0n) is 11.9. The second kappa shape index (κ2) is 9.73. The highest BCUT2D eigenvalue weighted by Gasteiger charge is 1.99. The predicted octanol–water partition coefficient (Wildman–Crippen LogP) is 4.26. The molecule has 0 bridgehead atoms. The molecule has 0 aliphatic rings. The van der Waals surface area contributed by atoms with E-state index in [0.29, 0.717) is 6.42 Å². The summed E-state index contributed by atoms with van der Waals surface area (Å²) in [7, 11) is 0. The maximum atomic E-state index is 11.5. The molecule has 0 saturated heterocycles. The highest BCUT2D eigenvalue weighted by Crippen LogP contribution is 2.12. The molecule has 0 atom stereocenters. The second-order valence-electron chi connectivity index (χ2n) is 4.76. The first-order chi connectivity index (χ1) is 9.22. The minimum atomic E-state index is 0.0139. The molecule has 1 heterocycles. The van der Waals surface area contributed by atoms with Gasteiger partial charge >= 0.3 is 0 Å². The number of hydrazone groups is 1. The number of nitrogens with one attached hydrogen (secondary N) is 1. The van der Waals surface area contributed by atoms with E-state index in [0.717, 1.165) is 17.7 Å². The SMILES string of the molecule is CCCCCCCCC(=O)N/N=C/c1ccc(C)s1. The number of hydrogen-bond donors (Lipinski definition) is 1. The molecule has 1 aromatic rings. The van der Waals surface area contributed by atoms with E-state index in [2.05, 4.69) is 24.4 Å². The summed E-state index contributed by atoms with van der Waals surface area (Å²) in [4.78, 5) is 13.8. The summed E-state index contributed by atoms with van der Waals surface area (Å²) < 4.78 is 0. The molecule has 19 heavy (non-hydrogen) atoms. The van der Waals surface area contributed by atoms with Gasteiger partial charge in [-0.05, 0) is 25.5 Å². The Morgan fingerprint density at radius 2 is 2.00 bits per heavy atom. The number of rotatable bonds is 9. The van der Waals surface area contributed by atoms with Crippen LogP contribution in [0.4, 0.5) is 0 Å². The average molecular weight is 280 g/mol. The third-order valence-electron chi connectivity index (χ3n) is 2.90. The molecule has 0 saturated carbocycles. The Bertz CT molecular complexity index is 399. The van der Waals surface area contributed by atoms with Crippen molar-refractivity contribution in [2.45, 2.75) is 58.8 Å². The summed E-state index contributed by atoms with van der Waals surface area (Å²) >= 11 is 1.67. The smallest absolute Gasteiger partial charge is 0.240 e. The van der Waals surface area contributed by atoms with Crippen molar-refractivity contribution >= 4 is 23.5 Å². The van der Waals surface area contributed by atoms with Gasteiger partial charge in [0.1, 0.15) is 0 Å². The van der Waals surface area contributed by atoms with Crippen molar-refractivity contribution in [3.63, 3.8) is 0 Å². The zero-order valence-corrected chi connectivity index (χ0v) is 12.8. The lowest BCUT2D eigenvalue weighted by Crippen LogP contribution is -2.16. The highest BCUT2D eigenvalue weighted by atomic mass is 32.1. The number of thiophene rings is 1. The third kappa shape index (κ3) is 7.78. The standard InChI is InChI=1S/C15H24N2OS/c1-3-4-5-6-7-8-9-15(18)17-16-12-14-11-10-13(2)19-14/h10-12H,3-9H2,1-2H3,(H,17,18)/b16-12+. The van der Waals surface area contributed by atoms with Crippen LogP contribution < -0.4 is 5.43 Å². The minimum Gasteiger partial charge on any atom is -0.273 e. The molecular weight excluding hydrogens is 256 g/mol. The Labute approximate surface area is 120 Å². The molecule has 0 aliphatic carbocycles. The fraction of sp³-hybridized carbons (Fsp3) is 0.600. The molecule has 0 fully saturated rings. The molecule has 3 nitrogen and oxygen atoms in total. The van der Waals surface area contributed by atoms with Gasteiger partial charge in [0.15, 0.2) is 0 Å². The van der Waals surface area contributed by atoms with Crippen molar-refractivity contribution in [1.29, 1.82) is 0 Å². The molecule has 4 heteroatoms. The topological polar surface area (TPSA) is 41.5 Å². The maximum absolute atomic E-state index is 11.5. The largest absolute Gasteiger partial charge is 0.273 e. The van der Waals surface area contributed by atoms with E-state index in [1.807, 2.05) is 12.1 Å². The van der Waals surface area contributed by atoms with Crippen molar-refractivity contribution in [1.82, 2.24) is 5.43 Å². The summed E-state index contributed by atoms with van der Waals surface area (Å²) in [5.41, 5.74) is 2.58. The van der Waals surface area contributed by atoms with Crippen LogP contribution in [0.1, 0.15) is 61.6 Å². The van der Waals surface area contributed by atoms with E-state index in [1.165, 1.54) is 30.6 Å². The van der Waals surface area contributed by atoms with Gasteiger partial charge in [-0.1, -0.05) is 39.0 Å². The molecule has 1 aromatic heterocycles. The molecule has 0 radical (unpaired) electrons. The van der Waals surface area contributed by atoms with Gasteiger partial charge in [-0.15, -0.1) is 11.3 Å². The minimum absolute atomic E-state index is 0.0139. The maximum Gasteiger partial charge on any atom is 0.240 e. The van der Waals surface area contributed by atoms with Crippen molar-refractivity contribution in [2.75, 3.05) is 0 Å². The van der Waals surface area contributed by atoms with E-state index in [9.17, 15) is 4.79 Å². The van der Waals surface area contributed by atoms with E-state index in [-0.39, 0.29) is 5.91 Å². The quantitative estimate of drug-likeness (QED) is 0.410. The first kappa shape index (κ1) is 15.9. The molecule has 0 spiro atoms. The molecule has 1 amide bonds. The third-order valence-corrected chi connectivity index (χ3v) is 3.83. The Morgan fingerprint density at radius 1 is 1.26 bits per heavy atom. The summed E-state index contributed by atoms with van der Waals surface area (Å²) in [5, 5.41) is 3.97. The van der Waals surface area contributed by atoms with E-state index in [4.69, 9.17) is 0 Å². The van der Waals surface area contributed by atoms with E-state index >= 15 is 0 Å². The van der Waals surface area contributed by atoms with Crippen LogP contribution in [-0.4, -0.2) is 12.1 Å². The highest BCUT2D eigenvalue weighted by molar-refractivity contribution is 7.13. The Hall–Kier alpha value is -1.16. The van der Waals surface area contributed by atoms with Gasteiger partial charge in [-0.3, -0.25) is 4.79 Å². The van der Waals surface area contributed by atoms with Crippen LogP contribution >= 0.6 is 11.3 Å². The van der Waals surface area contributed by atoms with Gasteiger partial charge in [-0.25, -0.2) is 5.43 Å². The molecule has 1 rings (SSSR count). The first-order valence-corrected chi connectivity index (χ1v) is 7.92.